The van der Waals surface area contributed by atoms with Gasteiger partial charge in [0.05, 0.1) is 0 Å². The van der Waals surface area contributed by atoms with Crippen LogP contribution in [0.15, 0.2) is 29.6 Å². The molecule has 0 bridgehead atoms. The summed E-state index contributed by atoms with van der Waals surface area (Å²) < 4.78 is 52.5. The van der Waals surface area contributed by atoms with E-state index in [0.29, 0.717) is 18.6 Å². The lowest BCUT2D eigenvalue weighted by atomic mass is 9.88. The normalized spacial score (nSPS) is 14.7. The second-order valence-electron chi connectivity index (χ2n) is 4.88. The van der Waals surface area contributed by atoms with Gasteiger partial charge in [0.25, 0.3) is 0 Å². The Morgan fingerprint density at radius 1 is 1.14 bits per heavy atom. The molecule has 0 fully saturated rings. The zero-order valence-corrected chi connectivity index (χ0v) is 12.0. The topological polar surface area (TPSA) is 60.7 Å². The molecule has 2 rings (SSSR count). The van der Waals surface area contributed by atoms with E-state index in [4.69, 9.17) is 10.0 Å². The Morgan fingerprint density at radius 3 is 2.23 bits per heavy atom. The van der Waals surface area contributed by atoms with Gasteiger partial charge in [0, 0.05) is 10.3 Å². The van der Waals surface area contributed by atoms with Gasteiger partial charge in [0.15, 0.2) is 5.60 Å². The monoisotopic (exact) mass is 334 g/mol. The predicted molar refractivity (Wildman–Crippen MR) is 75.2 cm³/mol. The maximum Gasteiger partial charge on any atom is 0.499 e. The Labute approximate surface area is 127 Å². The molecule has 0 saturated heterocycles. The number of aliphatic hydroxyl groups is 1. The summed E-state index contributed by atoms with van der Waals surface area (Å²) in [6.07, 6.45) is -4.93. The average molecular weight is 334 g/mol. The van der Waals surface area contributed by atoms with Crippen molar-refractivity contribution < 1.29 is 32.7 Å². The molecular formula is C13H11BF4O3S. The Bertz CT molecular complexity index is 682. The minimum Gasteiger partial charge on any atom is -0.423 e. The molecule has 0 aliphatic heterocycles. The molecule has 3 N–H and O–H groups in total. The van der Waals surface area contributed by atoms with E-state index in [0.717, 1.165) is 23.5 Å². The highest BCUT2D eigenvalue weighted by Gasteiger charge is 2.51. The molecule has 0 aliphatic carbocycles. The summed E-state index contributed by atoms with van der Waals surface area (Å²) in [4.78, 5) is 0. The molecule has 1 aromatic carbocycles. The van der Waals surface area contributed by atoms with E-state index in [1.54, 1.807) is 0 Å². The van der Waals surface area contributed by atoms with E-state index in [-0.39, 0.29) is 10.3 Å². The largest absolute Gasteiger partial charge is 0.499 e. The zero-order chi connectivity index (χ0) is 16.7. The highest BCUT2D eigenvalue weighted by molar-refractivity contribution is 7.20. The fourth-order valence-electron chi connectivity index (χ4n) is 1.85. The number of benzene rings is 1. The van der Waals surface area contributed by atoms with Crippen LogP contribution in [0, 0.1) is 5.82 Å². The number of hydrogen-bond acceptors (Lipinski definition) is 4. The van der Waals surface area contributed by atoms with E-state index >= 15 is 0 Å². The van der Waals surface area contributed by atoms with E-state index in [2.05, 4.69) is 0 Å². The first-order chi connectivity index (χ1) is 10.0. The summed E-state index contributed by atoms with van der Waals surface area (Å²) in [7, 11) is -1.70. The van der Waals surface area contributed by atoms with Crippen molar-refractivity contribution in [2.45, 2.75) is 18.7 Å². The van der Waals surface area contributed by atoms with Crippen LogP contribution in [0.2, 0.25) is 0 Å². The molecule has 9 heteroatoms. The van der Waals surface area contributed by atoms with Crippen LogP contribution in [0.1, 0.15) is 12.5 Å². The number of thiophene rings is 1. The first-order valence-electron chi connectivity index (χ1n) is 6.08. The Morgan fingerprint density at radius 2 is 1.77 bits per heavy atom. The van der Waals surface area contributed by atoms with Crippen molar-refractivity contribution in [3.63, 3.8) is 0 Å². The molecule has 3 nitrogen and oxygen atoms in total. The van der Waals surface area contributed by atoms with Gasteiger partial charge in [-0.25, -0.2) is 4.39 Å². The van der Waals surface area contributed by atoms with Crippen LogP contribution >= 0.6 is 11.3 Å². The van der Waals surface area contributed by atoms with Crippen molar-refractivity contribution in [3.8, 4) is 11.1 Å². The number of alkyl halides is 3. The highest BCUT2D eigenvalue weighted by atomic mass is 32.1. The highest BCUT2D eigenvalue weighted by Crippen LogP contribution is 2.39. The van der Waals surface area contributed by atoms with Gasteiger partial charge in [-0.3, -0.25) is 0 Å². The van der Waals surface area contributed by atoms with Gasteiger partial charge in [0.1, 0.15) is 5.82 Å². The predicted octanol–water partition coefficient (Wildman–Crippen LogP) is 2.00. The summed E-state index contributed by atoms with van der Waals surface area (Å²) in [6.45, 7) is 0.548. The van der Waals surface area contributed by atoms with Crippen LogP contribution in [-0.4, -0.2) is 28.4 Å². The summed E-state index contributed by atoms with van der Waals surface area (Å²) in [5, 5.41) is 29.0. The lowest BCUT2D eigenvalue weighted by molar-refractivity contribution is -0.258. The summed E-state index contributed by atoms with van der Waals surface area (Å²) >= 11 is 0.979. The van der Waals surface area contributed by atoms with Gasteiger partial charge in [0.2, 0.25) is 0 Å². The second-order valence-corrected chi connectivity index (χ2v) is 5.82. The minimum atomic E-state index is -4.93. The smallest absolute Gasteiger partial charge is 0.423 e. The van der Waals surface area contributed by atoms with Crippen molar-refractivity contribution in [1.82, 2.24) is 0 Å². The molecule has 0 spiro atoms. The first-order valence-corrected chi connectivity index (χ1v) is 6.96. The van der Waals surface area contributed by atoms with Gasteiger partial charge in [-0.1, -0.05) is 12.1 Å². The third kappa shape index (κ3) is 3.03. The number of rotatable bonds is 3. The van der Waals surface area contributed by atoms with Crippen LogP contribution in [0.25, 0.3) is 11.1 Å². The third-order valence-corrected chi connectivity index (χ3v) is 4.24. The molecule has 1 unspecified atom stereocenters. The molecule has 0 saturated carbocycles. The van der Waals surface area contributed by atoms with Crippen molar-refractivity contribution in [1.29, 1.82) is 0 Å². The van der Waals surface area contributed by atoms with E-state index in [1.807, 2.05) is 0 Å². The van der Waals surface area contributed by atoms with Gasteiger partial charge in [-0.05, 0) is 35.6 Å². The molecule has 22 heavy (non-hydrogen) atoms. The second kappa shape index (κ2) is 5.66. The van der Waals surface area contributed by atoms with Crippen molar-refractivity contribution in [3.05, 3.63) is 41.0 Å². The van der Waals surface area contributed by atoms with Crippen molar-refractivity contribution in [2.24, 2.45) is 0 Å². The van der Waals surface area contributed by atoms with Gasteiger partial charge < -0.3 is 15.2 Å². The Kier molecular flexibility index (Phi) is 4.36. The maximum atomic E-state index is 14.1. The van der Waals surface area contributed by atoms with Gasteiger partial charge in [-0.2, -0.15) is 24.5 Å². The SMILES string of the molecule is CC(O)(c1ccc(-c2csc(B(O)O)c2)c(F)c1)C(F)(F)F. The van der Waals surface area contributed by atoms with Crippen LogP contribution < -0.4 is 4.78 Å². The summed E-state index contributed by atoms with van der Waals surface area (Å²) in [5.74, 6) is -0.946. The molecule has 0 radical (unpaired) electrons. The summed E-state index contributed by atoms with van der Waals surface area (Å²) in [5.41, 5.74) is -3.46. The van der Waals surface area contributed by atoms with Gasteiger partial charge >= 0.3 is 13.3 Å². The Hall–Kier alpha value is -1.42. The third-order valence-electron chi connectivity index (χ3n) is 3.27. The first kappa shape index (κ1) is 16.9. The quantitative estimate of drug-likeness (QED) is 0.594. The molecular weight excluding hydrogens is 323 g/mol. The van der Waals surface area contributed by atoms with E-state index in [1.165, 1.54) is 11.4 Å². The zero-order valence-electron chi connectivity index (χ0n) is 11.2. The van der Waals surface area contributed by atoms with Crippen LogP contribution in [0.5, 0.6) is 0 Å². The molecule has 118 valence electrons. The molecule has 0 amide bonds. The van der Waals surface area contributed by atoms with E-state index in [9.17, 15) is 22.7 Å². The molecule has 0 aliphatic rings. The lowest BCUT2D eigenvalue weighted by Gasteiger charge is -2.26. The van der Waals surface area contributed by atoms with Crippen LogP contribution in [-0.2, 0) is 5.60 Å². The number of halogens is 4. The van der Waals surface area contributed by atoms with E-state index < -0.39 is 30.3 Å². The molecule has 1 aromatic heterocycles. The van der Waals surface area contributed by atoms with Crippen LogP contribution in [0.3, 0.4) is 0 Å². The lowest BCUT2D eigenvalue weighted by Crippen LogP contribution is -2.39. The van der Waals surface area contributed by atoms with Crippen molar-refractivity contribution in [2.75, 3.05) is 0 Å². The van der Waals surface area contributed by atoms with Crippen LogP contribution in [0.4, 0.5) is 17.6 Å². The molecule has 1 atom stereocenters. The van der Waals surface area contributed by atoms with Gasteiger partial charge in [-0.15, -0.1) is 0 Å². The fourth-order valence-corrected chi connectivity index (χ4v) is 2.62. The summed E-state index contributed by atoms with van der Waals surface area (Å²) in [6, 6.07) is 4.05. The minimum absolute atomic E-state index is 0.00451. The molecule has 1 heterocycles. The fraction of sp³-hybridized carbons (Fsp3) is 0.231. The number of hydrogen-bond donors (Lipinski definition) is 3. The molecule has 2 aromatic rings. The van der Waals surface area contributed by atoms with Crippen molar-refractivity contribution >= 4 is 23.2 Å². The maximum absolute atomic E-state index is 14.1. The standard InChI is InChI=1S/C13H11BF4O3S/c1-12(19,13(16,17)18)8-2-3-9(10(15)5-8)7-4-11(14(20)21)22-6-7/h2-6,19-21H,1H3. The average Bonchev–Trinajstić information content (AvgIpc) is 2.86. The Balaban J connectivity index is 2.42.